The molecule has 2 aromatic carbocycles. The molecular formula is C17H14ClNO. The van der Waals surface area contributed by atoms with Gasteiger partial charge in [-0.1, -0.05) is 23.7 Å². The van der Waals surface area contributed by atoms with E-state index in [1.807, 2.05) is 24.3 Å². The van der Waals surface area contributed by atoms with Gasteiger partial charge in [0.15, 0.2) is 0 Å². The van der Waals surface area contributed by atoms with Gasteiger partial charge in [0.1, 0.15) is 11.3 Å². The molecule has 0 saturated heterocycles. The molecule has 4 rings (SSSR count). The Morgan fingerprint density at radius 2 is 2.00 bits per heavy atom. The van der Waals surface area contributed by atoms with Crippen molar-refractivity contribution in [2.45, 2.75) is 18.9 Å². The minimum absolute atomic E-state index is 0.188. The SMILES string of the molecule is NC1CCc2cc(-c3cc4cc(Cl)ccc4o3)ccc21. The fourth-order valence-corrected chi connectivity index (χ4v) is 3.14. The highest BCUT2D eigenvalue weighted by molar-refractivity contribution is 6.31. The number of fused-ring (bicyclic) bond motifs is 2. The zero-order chi connectivity index (χ0) is 13.7. The van der Waals surface area contributed by atoms with Gasteiger partial charge in [0.05, 0.1) is 0 Å². The predicted octanol–water partition coefficient (Wildman–Crippen LogP) is 4.70. The number of aryl methyl sites for hydroxylation is 1. The van der Waals surface area contributed by atoms with Crippen LogP contribution in [-0.2, 0) is 6.42 Å². The van der Waals surface area contributed by atoms with Gasteiger partial charge < -0.3 is 10.2 Å². The van der Waals surface area contributed by atoms with Gasteiger partial charge in [0.2, 0.25) is 0 Å². The van der Waals surface area contributed by atoms with Crippen molar-refractivity contribution in [2.24, 2.45) is 5.73 Å². The third kappa shape index (κ3) is 1.84. The summed E-state index contributed by atoms with van der Waals surface area (Å²) in [4.78, 5) is 0. The molecule has 2 N–H and O–H groups in total. The molecule has 20 heavy (non-hydrogen) atoms. The molecule has 2 nitrogen and oxygen atoms in total. The molecule has 0 radical (unpaired) electrons. The first-order valence-electron chi connectivity index (χ1n) is 6.78. The van der Waals surface area contributed by atoms with Crippen molar-refractivity contribution in [2.75, 3.05) is 0 Å². The zero-order valence-corrected chi connectivity index (χ0v) is 11.7. The van der Waals surface area contributed by atoms with E-state index < -0.39 is 0 Å². The summed E-state index contributed by atoms with van der Waals surface area (Å²) in [6, 6.07) is 14.3. The molecule has 1 aliphatic rings. The van der Waals surface area contributed by atoms with Crippen molar-refractivity contribution in [3.63, 3.8) is 0 Å². The van der Waals surface area contributed by atoms with Crippen LogP contribution in [0.1, 0.15) is 23.6 Å². The second kappa shape index (κ2) is 4.37. The summed E-state index contributed by atoms with van der Waals surface area (Å²) in [5, 5.41) is 1.76. The van der Waals surface area contributed by atoms with E-state index in [1.54, 1.807) is 0 Å². The molecular weight excluding hydrogens is 270 g/mol. The van der Waals surface area contributed by atoms with Crippen LogP contribution in [0.15, 0.2) is 46.9 Å². The van der Waals surface area contributed by atoms with Gasteiger partial charge in [-0.05, 0) is 54.3 Å². The van der Waals surface area contributed by atoms with E-state index >= 15 is 0 Å². The lowest BCUT2D eigenvalue weighted by molar-refractivity contribution is 0.631. The maximum Gasteiger partial charge on any atom is 0.135 e. The molecule has 1 aromatic heterocycles. The van der Waals surface area contributed by atoms with Gasteiger partial charge in [-0.15, -0.1) is 0 Å². The number of hydrogen-bond donors (Lipinski definition) is 1. The van der Waals surface area contributed by atoms with Gasteiger partial charge in [-0.2, -0.15) is 0 Å². The molecule has 1 unspecified atom stereocenters. The Bertz CT molecular complexity index is 806. The van der Waals surface area contributed by atoms with Crippen LogP contribution in [0.5, 0.6) is 0 Å². The highest BCUT2D eigenvalue weighted by Crippen LogP contribution is 2.35. The summed E-state index contributed by atoms with van der Waals surface area (Å²) in [6.45, 7) is 0. The van der Waals surface area contributed by atoms with E-state index in [9.17, 15) is 0 Å². The number of nitrogens with two attached hydrogens (primary N) is 1. The predicted molar refractivity (Wildman–Crippen MR) is 81.9 cm³/mol. The first-order chi connectivity index (χ1) is 9.70. The summed E-state index contributed by atoms with van der Waals surface area (Å²) in [5.74, 6) is 0.880. The standard InChI is InChI=1S/C17H14ClNO/c18-13-3-6-16-12(8-13)9-17(20-16)11-1-4-14-10(7-11)2-5-15(14)19/h1,3-4,6-9,15H,2,5,19H2. The van der Waals surface area contributed by atoms with Crippen LogP contribution in [0.25, 0.3) is 22.3 Å². The minimum atomic E-state index is 0.188. The van der Waals surface area contributed by atoms with Crippen LogP contribution in [0.4, 0.5) is 0 Å². The lowest BCUT2D eigenvalue weighted by Crippen LogP contribution is -2.04. The Hall–Kier alpha value is -1.77. The first kappa shape index (κ1) is 12.0. The van der Waals surface area contributed by atoms with Crippen molar-refractivity contribution in [3.8, 4) is 11.3 Å². The molecule has 100 valence electrons. The largest absolute Gasteiger partial charge is 0.456 e. The number of halogens is 1. The molecule has 0 aliphatic heterocycles. The number of furan rings is 1. The summed E-state index contributed by atoms with van der Waals surface area (Å²) < 4.78 is 5.91. The number of hydrogen-bond acceptors (Lipinski definition) is 2. The normalized spacial score (nSPS) is 17.6. The fourth-order valence-electron chi connectivity index (χ4n) is 2.96. The zero-order valence-electron chi connectivity index (χ0n) is 10.9. The second-order valence-corrected chi connectivity index (χ2v) is 5.79. The third-order valence-electron chi connectivity index (χ3n) is 4.03. The van der Waals surface area contributed by atoms with Gasteiger partial charge in [-0.25, -0.2) is 0 Å². The van der Waals surface area contributed by atoms with Crippen molar-refractivity contribution in [3.05, 3.63) is 58.6 Å². The Labute approximate surface area is 122 Å². The fraction of sp³-hybridized carbons (Fsp3) is 0.176. The smallest absolute Gasteiger partial charge is 0.135 e. The van der Waals surface area contributed by atoms with E-state index in [4.69, 9.17) is 21.8 Å². The second-order valence-electron chi connectivity index (χ2n) is 5.35. The summed E-state index contributed by atoms with van der Waals surface area (Å²) in [6.07, 6.45) is 2.09. The Morgan fingerprint density at radius 3 is 2.90 bits per heavy atom. The van der Waals surface area contributed by atoms with Crippen LogP contribution in [0.2, 0.25) is 5.02 Å². The number of benzene rings is 2. The summed E-state index contributed by atoms with van der Waals surface area (Å²) in [5.41, 5.74) is 10.7. The number of rotatable bonds is 1. The van der Waals surface area contributed by atoms with Crippen molar-refractivity contribution in [1.29, 1.82) is 0 Å². The minimum Gasteiger partial charge on any atom is -0.456 e. The molecule has 3 heteroatoms. The monoisotopic (exact) mass is 283 g/mol. The highest BCUT2D eigenvalue weighted by Gasteiger charge is 2.19. The van der Waals surface area contributed by atoms with Crippen LogP contribution in [-0.4, -0.2) is 0 Å². The van der Waals surface area contributed by atoms with Crippen LogP contribution < -0.4 is 5.73 Å². The lowest BCUT2D eigenvalue weighted by Gasteiger charge is -2.05. The summed E-state index contributed by atoms with van der Waals surface area (Å²) in [7, 11) is 0. The maximum atomic E-state index is 6.07. The van der Waals surface area contributed by atoms with Crippen molar-refractivity contribution < 1.29 is 4.42 Å². The van der Waals surface area contributed by atoms with E-state index in [0.29, 0.717) is 0 Å². The molecule has 0 fully saturated rings. The van der Waals surface area contributed by atoms with Crippen LogP contribution in [0, 0.1) is 0 Å². The van der Waals surface area contributed by atoms with Crippen molar-refractivity contribution in [1.82, 2.24) is 0 Å². The molecule has 0 spiro atoms. The maximum absolute atomic E-state index is 6.07. The Kier molecular flexibility index (Phi) is 2.62. The van der Waals surface area contributed by atoms with Gasteiger partial charge in [0.25, 0.3) is 0 Å². The molecule has 0 bridgehead atoms. The lowest BCUT2D eigenvalue weighted by atomic mass is 10.0. The van der Waals surface area contributed by atoms with E-state index in [1.165, 1.54) is 11.1 Å². The Morgan fingerprint density at radius 1 is 1.10 bits per heavy atom. The van der Waals surface area contributed by atoms with Gasteiger partial charge in [-0.3, -0.25) is 0 Å². The van der Waals surface area contributed by atoms with Gasteiger partial charge >= 0.3 is 0 Å². The molecule has 0 amide bonds. The molecule has 1 heterocycles. The van der Waals surface area contributed by atoms with Crippen LogP contribution >= 0.6 is 11.6 Å². The quantitative estimate of drug-likeness (QED) is 0.703. The van der Waals surface area contributed by atoms with Crippen LogP contribution in [0.3, 0.4) is 0 Å². The van der Waals surface area contributed by atoms with E-state index in [2.05, 4.69) is 18.2 Å². The van der Waals surface area contributed by atoms with E-state index in [0.717, 1.165) is 40.2 Å². The van der Waals surface area contributed by atoms with Crippen molar-refractivity contribution >= 4 is 22.6 Å². The van der Waals surface area contributed by atoms with Gasteiger partial charge in [0, 0.05) is 22.0 Å². The molecule has 1 aliphatic carbocycles. The highest BCUT2D eigenvalue weighted by atomic mass is 35.5. The average molecular weight is 284 g/mol. The molecule has 0 saturated carbocycles. The molecule has 1 atom stereocenters. The first-order valence-corrected chi connectivity index (χ1v) is 7.16. The Balaban J connectivity index is 1.83. The molecule has 3 aromatic rings. The average Bonchev–Trinajstić information content (AvgIpc) is 3.02. The van der Waals surface area contributed by atoms with E-state index in [-0.39, 0.29) is 6.04 Å². The topological polar surface area (TPSA) is 39.2 Å². The third-order valence-corrected chi connectivity index (χ3v) is 4.27. The summed E-state index contributed by atoms with van der Waals surface area (Å²) >= 11 is 6.01.